The lowest BCUT2D eigenvalue weighted by Gasteiger charge is -2.17. The Labute approximate surface area is 155 Å². The minimum Gasteiger partial charge on any atom is -0.494 e. The first-order chi connectivity index (χ1) is 12.1. The highest BCUT2D eigenvalue weighted by molar-refractivity contribution is 9.10. The molecule has 2 aromatic carbocycles. The van der Waals surface area contributed by atoms with Crippen LogP contribution in [-0.2, 0) is 9.59 Å². The van der Waals surface area contributed by atoms with Crippen molar-refractivity contribution in [3.8, 4) is 5.75 Å². The molecule has 1 heterocycles. The zero-order chi connectivity index (χ0) is 17.8. The summed E-state index contributed by atoms with van der Waals surface area (Å²) in [6.07, 6.45) is 0.218. The number of halogens is 1. The minimum absolute atomic E-state index is 0.0416. The van der Waals surface area contributed by atoms with E-state index in [-0.39, 0.29) is 24.2 Å². The summed E-state index contributed by atoms with van der Waals surface area (Å²) >= 11 is 3.36. The molecular weight excluding hydrogens is 384 g/mol. The quantitative estimate of drug-likeness (QED) is 0.826. The van der Waals surface area contributed by atoms with Crippen LogP contribution in [0.5, 0.6) is 5.75 Å². The summed E-state index contributed by atoms with van der Waals surface area (Å²) in [6.45, 7) is 2.90. The van der Waals surface area contributed by atoms with Crippen LogP contribution in [0.4, 0.5) is 11.4 Å². The number of carbonyl (C=O) groups is 2. The van der Waals surface area contributed by atoms with Gasteiger partial charge in [-0.15, -0.1) is 0 Å². The Morgan fingerprint density at radius 2 is 1.88 bits per heavy atom. The van der Waals surface area contributed by atoms with E-state index in [0.717, 1.165) is 21.6 Å². The third-order valence-electron chi connectivity index (χ3n) is 4.07. The topological polar surface area (TPSA) is 58.6 Å². The average Bonchev–Trinajstić information content (AvgIpc) is 3.00. The van der Waals surface area contributed by atoms with Crippen LogP contribution in [0.15, 0.2) is 53.0 Å². The lowest BCUT2D eigenvalue weighted by atomic mass is 10.1. The standard InChI is InChI=1S/C19H19BrN2O3/c1-2-25-17-9-7-16(8-10-17)22-12-13(11-18(22)23)19(24)21-15-5-3-14(20)4-6-15/h3-10,13H,2,11-12H2,1H3,(H,21,24)/t13-/m0/s1. The number of carbonyl (C=O) groups excluding carboxylic acids is 2. The van der Waals surface area contributed by atoms with Crippen molar-refractivity contribution >= 4 is 39.1 Å². The molecule has 0 aromatic heterocycles. The molecule has 0 saturated carbocycles. The zero-order valence-electron chi connectivity index (χ0n) is 13.9. The van der Waals surface area contributed by atoms with E-state index in [2.05, 4.69) is 21.2 Å². The number of amides is 2. The lowest BCUT2D eigenvalue weighted by Crippen LogP contribution is -2.28. The lowest BCUT2D eigenvalue weighted by molar-refractivity contribution is -0.122. The molecule has 1 saturated heterocycles. The number of benzene rings is 2. The van der Waals surface area contributed by atoms with Crippen molar-refractivity contribution in [2.24, 2.45) is 5.92 Å². The summed E-state index contributed by atoms with van der Waals surface area (Å²) in [5.74, 6) is 0.231. The Bertz CT molecular complexity index is 759. The van der Waals surface area contributed by atoms with Gasteiger partial charge in [-0.3, -0.25) is 9.59 Å². The van der Waals surface area contributed by atoms with Gasteiger partial charge in [0.1, 0.15) is 5.75 Å². The third kappa shape index (κ3) is 4.20. The number of nitrogens with zero attached hydrogens (tertiary/aromatic N) is 1. The van der Waals surface area contributed by atoms with Crippen LogP contribution < -0.4 is 15.0 Å². The maximum Gasteiger partial charge on any atom is 0.229 e. The highest BCUT2D eigenvalue weighted by Crippen LogP contribution is 2.27. The fourth-order valence-corrected chi connectivity index (χ4v) is 3.06. The molecule has 2 aromatic rings. The van der Waals surface area contributed by atoms with Gasteiger partial charge < -0.3 is 15.0 Å². The van der Waals surface area contributed by atoms with E-state index in [0.29, 0.717) is 13.2 Å². The Balaban J connectivity index is 1.65. The molecule has 1 fully saturated rings. The minimum atomic E-state index is -0.359. The Kier molecular flexibility index (Phi) is 5.38. The summed E-state index contributed by atoms with van der Waals surface area (Å²) in [5.41, 5.74) is 1.51. The molecule has 1 aliphatic heterocycles. The van der Waals surface area contributed by atoms with Crippen molar-refractivity contribution in [2.75, 3.05) is 23.4 Å². The Hall–Kier alpha value is -2.34. The van der Waals surface area contributed by atoms with E-state index in [1.54, 1.807) is 4.90 Å². The predicted molar refractivity (Wildman–Crippen MR) is 101 cm³/mol. The molecule has 2 amide bonds. The highest BCUT2D eigenvalue weighted by atomic mass is 79.9. The van der Waals surface area contributed by atoms with Gasteiger partial charge in [0, 0.05) is 28.8 Å². The Morgan fingerprint density at radius 1 is 1.20 bits per heavy atom. The number of hydrogen-bond acceptors (Lipinski definition) is 3. The molecule has 5 nitrogen and oxygen atoms in total. The fourth-order valence-electron chi connectivity index (χ4n) is 2.80. The van der Waals surface area contributed by atoms with Crippen molar-refractivity contribution in [1.29, 1.82) is 0 Å². The molecule has 0 unspecified atom stereocenters. The van der Waals surface area contributed by atoms with Crippen molar-refractivity contribution in [3.05, 3.63) is 53.0 Å². The molecule has 1 atom stereocenters. The second-order valence-electron chi connectivity index (χ2n) is 5.83. The van der Waals surface area contributed by atoms with E-state index in [9.17, 15) is 9.59 Å². The number of ether oxygens (including phenoxy) is 1. The molecule has 130 valence electrons. The van der Waals surface area contributed by atoms with Crippen LogP contribution in [0.3, 0.4) is 0 Å². The normalized spacial score (nSPS) is 16.8. The monoisotopic (exact) mass is 402 g/mol. The smallest absolute Gasteiger partial charge is 0.229 e. The molecule has 0 aliphatic carbocycles. The highest BCUT2D eigenvalue weighted by Gasteiger charge is 2.35. The molecule has 6 heteroatoms. The van der Waals surface area contributed by atoms with Gasteiger partial charge in [-0.2, -0.15) is 0 Å². The van der Waals surface area contributed by atoms with Crippen LogP contribution in [0.2, 0.25) is 0 Å². The summed E-state index contributed by atoms with van der Waals surface area (Å²) in [6, 6.07) is 14.7. The molecule has 1 N–H and O–H groups in total. The van der Waals surface area contributed by atoms with Gasteiger partial charge in [0.25, 0.3) is 0 Å². The first-order valence-corrected chi connectivity index (χ1v) is 8.96. The molecule has 1 aliphatic rings. The molecular formula is C19H19BrN2O3. The zero-order valence-corrected chi connectivity index (χ0v) is 15.5. The average molecular weight is 403 g/mol. The van der Waals surface area contributed by atoms with Crippen molar-refractivity contribution in [3.63, 3.8) is 0 Å². The summed E-state index contributed by atoms with van der Waals surface area (Å²) < 4.78 is 6.36. The van der Waals surface area contributed by atoms with Crippen LogP contribution in [-0.4, -0.2) is 25.0 Å². The van der Waals surface area contributed by atoms with Crippen LogP contribution in [0.1, 0.15) is 13.3 Å². The molecule has 0 radical (unpaired) electrons. The van der Waals surface area contributed by atoms with Gasteiger partial charge in [-0.25, -0.2) is 0 Å². The van der Waals surface area contributed by atoms with E-state index in [1.807, 2.05) is 55.5 Å². The molecule has 0 bridgehead atoms. The maximum absolute atomic E-state index is 12.4. The van der Waals surface area contributed by atoms with Gasteiger partial charge >= 0.3 is 0 Å². The van der Waals surface area contributed by atoms with Gasteiger partial charge in [0.05, 0.1) is 12.5 Å². The first-order valence-electron chi connectivity index (χ1n) is 8.16. The molecule has 25 heavy (non-hydrogen) atoms. The van der Waals surface area contributed by atoms with Crippen molar-refractivity contribution in [1.82, 2.24) is 0 Å². The van der Waals surface area contributed by atoms with Crippen molar-refractivity contribution < 1.29 is 14.3 Å². The third-order valence-corrected chi connectivity index (χ3v) is 4.60. The van der Waals surface area contributed by atoms with Crippen LogP contribution in [0.25, 0.3) is 0 Å². The van der Waals surface area contributed by atoms with E-state index < -0.39 is 0 Å². The van der Waals surface area contributed by atoms with Gasteiger partial charge in [-0.05, 0) is 55.5 Å². The Morgan fingerprint density at radius 3 is 2.52 bits per heavy atom. The fraction of sp³-hybridized carbons (Fsp3) is 0.263. The number of nitrogens with one attached hydrogen (secondary N) is 1. The largest absolute Gasteiger partial charge is 0.494 e. The summed E-state index contributed by atoms with van der Waals surface area (Å²) in [7, 11) is 0. The van der Waals surface area contributed by atoms with E-state index in [1.165, 1.54) is 0 Å². The molecule has 0 spiro atoms. The van der Waals surface area contributed by atoms with Gasteiger partial charge in [0.15, 0.2) is 0 Å². The van der Waals surface area contributed by atoms with Crippen LogP contribution in [0, 0.1) is 5.92 Å². The van der Waals surface area contributed by atoms with Gasteiger partial charge in [-0.1, -0.05) is 15.9 Å². The van der Waals surface area contributed by atoms with Gasteiger partial charge in [0.2, 0.25) is 11.8 Å². The summed E-state index contributed by atoms with van der Waals surface area (Å²) in [4.78, 5) is 26.4. The van der Waals surface area contributed by atoms with Crippen molar-refractivity contribution in [2.45, 2.75) is 13.3 Å². The molecule has 3 rings (SSSR count). The van der Waals surface area contributed by atoms with E-state index >= 15 is 0 Å². The maximum atomic E-state index is 12.4. The van der Waals surface area contributed by atoms with E-state index in [4.69, 9.17) is 4.74 Å². The van der Waals surface area contributed by atoms with Crippen LogP contribution >= 0.6 is 15.9 Å². The number of hydrogen-bond donors (Lipinski definition) is 1. The second-order valence-corrected chi connectivity index (χ2v) is 6.74. The SMILES string of the molecule is CCOc1ccc(N2C[C@@H](C(=O)Nc3ccc(Br)cc3)CC2=O)cc1. The number of rotatable bonds is 5. The second kappa shape index (κ2) is 7.70. The first kappa shape index (κ1) is 17.5. The predicted octanol–water partition coefficient (Wildman–Crippen LogP) is 3.84. The summed E-state index contributed by atoms with van der Waals surface area (Å²) in [5, 5.41) is 2.87. The number of anilines is 2.